The number of carbonyl (C=O) groups is 1. The lowest BCUT2D eigenvalue weighted by Crippen LogP contribution is -2.37. The van der Waals surface area contributed by atoms with Crippen LogP contribution < -0.4 is 15.6 Å². The molecule has 30 heavy (non-hydrogen) atoms. The number of carbonyl (C=O) groups excluding carboxylic acids is 1. The number of benzene rings is 1. The van der Waals surface area contributed by atoms with Gasteiger partial charge in [0.2, 0.25) is 5.88 Å². The van der Waals surface area contributed by atoms with E-state index in [1.54, 1.807) is 31.3 Å². The average Bonchev–Trinajstić information content (AvgIpc) is 2.75. The van der Waals surface area contributed by atoms with Crippen molar-refractivity contribution < 1.29 is 19.0 Å². The second-order valence-electron chi connectivity index (χ2n) is 6.44. The fourth-order valence-electron chi connectivity index (χ4n) is 2.65. The van der Waals surface area contributed by atoms with Crippen molar-refractivity contribution in [1.29, 1.82) is 0 Å². The molecule has 0 aliphatic heterocycles. The summed E-state index contributed by atoms with van der Waals surface area (Å²) in [5.41, 5.74) is 7.30. The predicted molar refractivity (Wildman–Crippen MR) is 108 cm³/mol. The quantitative estimate of drug-likeness (QED) is 0.489. The van der Waals surface area contributed by atoms with Crippen LogP contribution in [0.1, 0.15) is 41.6 Å². The van der Waals surface area contributed by atoms with Crippen molar-refractivity contribution in [2.24, 2.45) is 0 Å². The SMILES string of the molecule is CCOc1ccc(-c2cncc(C(=O)NNCc3cc(C(C)O)ccc3F)n2)cn1. The van der Waals surface area contributed by atoms with Crippen molar-refractivity contribution in [2.75, 3.05) is 6.61 Å². The van der Waals surface area contributed by atoms with E-state index in [1.165, 1.54) is 24.5 Å². The number of ether oxygens (including phenoxy) is 1. The van der Waals surface area contributed by atoms with E-state index in [0.717, 1.165) is 0 Å². The number of pyridine rings is 1. The van der Waals surface area contributed by atoms with E-state index in [9.17, 15) is 14.3 Å². The Bertz CT molecular complexity index is 1010. The Morgan fingerprint density at radius 3 is 2.77 bits per heavy atom. The van der Waals surface area contributed by atoms with Gasteiger partial charge in [-0.05, 0) is 37.6 Å². The highest BCUT2D eigenvalue weighted by Crippen LogP contribution is 2.18. The molecule has 3 N–H and O–H groups in total. The summed E-state index contributed by atoms with van der Waals surface area (Å²) >= 11 is 0. The molecule has 156 valence electrons. The largest absolute Gasteiger partial charge is 0.478 e. The lowest BCUT2D eigenvalue weighted by atomic mass is 10.1. The second kappa shape index (κ2) is 9.86. The first kappa shape index (κ1) is 21.3. The van der Waals surface area contributed by atoms with Crippen LogP contribution >= 0.6 is 0 Å². The van der Waals surface area contributed by atoms with Crippen molar-refractivity contribution in [2.45, 2.75) is 26.5 Å². The third-order valence-electron chi connectivity index (χ3n) is 4.22. The molecule has 0 spiro atoms. The van der Waals surface area contributed by atoms with Crippen LogP contribution in [0.5, 0.6) is 5.88 Å². The summed E-state index contributed by atoms with van der Waals surface area (Å²) in [5, 5.41) is 9.62. The monoisotopic (exact) mass is 411 g/mol. The Labute approximate surface area is 173 Å². The van der Waals surface area contributed by atoms with Gasteiger partial charge < -0.3 is 9.84 Å². The number of nitrogens with zero attached hydrogens (tertiary/aromatic N) is 3. The number of hydrogen-bond donors (Lipinski definition) is 3. The summed E-state index contributed by atoms with van der Waals surface area (Å²) in [6.07, 6.45) is 3.73. The third-order valence-corrected chi connectivity index (χ3v) is 4.22. The number of aromatic nitrogens is 3. The Kier molecular flexibility index (Phi) is 6.99. The minimum atomic E-state index is -0.714. The first-order valence-corrected chi connectivity index (χ1v) is 9.38. The summed E-state index contributed by atoms with van der Waals surface area (Å²) in [5.74, 6) is -0.458. The van der Waals surface area contributed by atoms with E-state index >= 15 is 0 Å². The zero-order valence-electron chi connectivity index (χ0n) is 16.6. The Morgan fingerprint density at radius 1 is 1.23 bits per heavy atom. The first-order valence-electron chi connectivity index (χ1n) is 9.38. The minimum Gasteiger partial charge on any atom is -0.478 e. The molecule has 0 bridgehead atoms. The number of aliphatic hydroxyl groups excluding tert-OH is 1. The standard InChI is InChI=1S/C21H22FN5O3/c1-3-30-20-7-5-15(9-24-20)18-11-23-12-19(26-18)21(29)27-25-10-16-8-14(13(2)28)4-6-17(16)22/h4-9,11-13,25,28H,3,10H2,1-2H3,(H,27,29). The van der Waals surface area contributed by atoms with Gasteiger partial charge in [-0.25, -0.2) is 19.8 Å². The van der Waals surface area contributed by atoms with Crippen molar-refractivity contribution in [3.05, 3.63) is 71.6 Å². The van der Waals surface area contributed by atoms with Crippen LogP contribution in [0.3, 0.4) is 0 Å². The van der Waals surface area contributed by atoms with E-state index in [-0.39, 0.29) is 12.2 Å². The Hall–Kier alpha value is -3.43. The highest BCUT2D eigenvalue weighted by Gasteiger charge is 2.11. The molecule has 0 radical (unpaired) electrons. The van der Waals surface area contributed by atoms with E-state index in [0.29, 0.717) is 34.9 Å². The summed E-state index contributed by atoms with van der Waals surface area (Å²) in [6, 6.07) is 7.82. The fourth-order valence-corrected chi connectivity index (χ4v) is 2.65. The Morgan fingerprint density at radius 2 is 2.07 bits per heavy atom. The number of hydrazine groups is 1. The molecule has 8 nitrogen and oxygen atoms in total. The van der Waals surface area contributed by atoms with Gasteiger partial charge in [0.1, 0.15) is 11.5 Å². The number of nitrogens with one attached hydrogen (secondary N) is 2. The molecule has 9 heteroatoms. The van der Waals surface area contributed by atoms with Gasteiger partial charge in [-0.3, -0.25) is 15.2 Å². The summed E-state index contributed by atoms with van der Waals surface area (Å²) in [4.78, 5) is 24.9. The minimum absolute atomic E-state index is 0.0358. The van der Waals surface area contributed by atoms with Gasteiger partial charge in [-0.2, -0.15) is 0 Å². The predicted octanol–water partition coefficient (Wildman–Crippen LogP) is 2.56. The molecule has 0 saturated heterocycles. The number of halogens is 1. The van der Waals surface area contributed by atoms with E-state index in [2.05, 4.69) is 25.8 Å². The molecule has 0 aliphatic rings. The molecule has 3 aromatic rings. The van der Waals surface area contributed by atoms with Gasteiger partial charge in [0.05, 0.1) is 30.8 Å². The molecule has 0 fully saturated rings. The first-order chi connectivity index (χ1) is 14.5. The zero-order chi connectivity index (χ0) is 21.5. The fraction of sp³-hybridized carbons (Fsp3) is 0.238. The highest BCUT2D eigenvalue weighted by atomic mass is 19.1. The van der Waals surface area contributed by atoms with Crippen LogP contribution in [0.15, 0.2) is 48.9 Å². The second-order valence-corrected chi connectivity index (χ2v) is 6.44. The molecule has 1 unspecified atom stereocenters. The normalized spacial score (nSPS) is 11.7. The molecule has 1 amide bonds. The molecule has 2 heterocycles. The maximum atomic E-state index is 13.9. The van der Waals surface area contributed by atoms with Crippen LogP contribution in [0.2, 0.25) is 0 Å². The summed E-state index contributed by atoms with van der Waals surface area (Å²) in [7, 11) is 0. The number of amides is 1. The average molecular weight is 411 g/mol. The van der Waals surface area contributed by atoms with E-state index in [4.69, 9.17) is 4.74 Å². The van der Waals surface area contributed by atoms with Gasteiger partial charge >= 0.3 is 0 Å². The maximum Gasteiger partial charge on any atom is 0.285 e. The van der Waals surface area contributed by atoms with E-state index < -0.39 is 17.8 Å². The van der Waals surface area contributed by atoms with Crippen molar-refractivity contribution in [1.82, 2.24) is 25.8 Å². The lowest BCUT2D eigenvalue weighted by molar-refractivity contribution is 0.0926. The molecule has 2 aromatic heterocycles. The molecule has 0 saturated carbocycles. The van der Waals surface area contributed by atoms with Crippen molar-refractivity contribution in [3.8, 4) is 17.1 Å². The molecule has 0 aliphatic carbocycles. The molecular weight excluding hydrogens is 389 g/mol. The topological polar surface area (TPSA) is 109 Å². The van der Waals surface area contributed by atoms with Gasteiger partial charge in [-0.15, -0.1) is 0 Å². The smallest absolute Gasteiger partial charge is 0.285 e. The summed E-state index contributed by atoms with van der Waals surface area (Å²) in [6.45, 7) is 4.02. The van der Waals surface area contributed by atoms with Crippen molar-refractivity contribution in [3.63, 3.8) is 0 Å². The Balaban J connectivity index is 1.64. The zero-order valence-corrected chi connectivity index (χ0v) is 16.6. The number of rotatable bonds is 8. The highest BCUT2D eigenvalue weighted by molar-refractivity contribution is 5.92. The molecule has 3 rings (SSSR count). The van der Waals surface area contributed by atoms with Gasteiger partial charge in [-0.1, -0.05) is 6.07 Å². The number of aliphatic hydroxyl groups is 1. The third kappa shape index (κ3) is 5.34. The van der Waals surface area contributed by atoms with Crippen LogP contribution in [-0.4, -0.2) is 32.6 Å². The number of hydrogen-bond acceptors (Lipinski definition) is 7. The van der Waals surface area contributed by atoms with Crippen LogP contribution in [0.25, 0.3) is 11.3 Å². The lowest BCUT2D eigenvalue weighted by Gasteiger charge is -2.11. The summed E-state index contributed by atoms with van der Waals surface area (Å²) < 4.78 is 19.2. The van der Waals surface area contributed by atoms with Gasteiger partial charge in [0.15, 0.2) is 0 Å². The van der Waals surface area contributed by atoms with Gasteiger partial charge in [0.25, 0.3) is 5.91 Å². The molecule has 1 aromatic carbocycles. The van der Waals surface area contributed by atoms with Crippen LogP contribution in [-0.2, 0) is 6.54 Å². The molecule has 1 atom stereocenters. The van der Waals surface area contributed by atoms with E-state index in [1.807, 2.05) is 6.92 Å². The van der Waals surface area contributed by atoms with Gasteiger partial charge in [0, 0.05) is 29.9 Å². The van der Waals surface area contributed by atoms with Crippen LogP contribution in [0.4, 0.5) is 4.39 Å². The maximum absolute atomic E-state index is 13.9. The van der Waals surface area contributed by atoms with Crippen molar-refractivity contribution >= 4 is 5.91 Å². The van der Waals surface area contributed by atoms with Crippen LogP contribution in [0, 0.1) is 5.82 Å². The molecular formula is C21H22FN5O3.